The van der Waals surface area contributed by atoms with Gasteiger partial charge in [-0.2, -0.15) is 0 Å². The fraction of sp³-hybridized carbons (Fsp3) is 0.235. The summed E-state index contributed by atoms with van der Waals surface area (Å²) in [5.41, 5.74) is 7.84. The Labute approximate surface area is 149 Å². The van der Waals surface area contributed by atoms with Crippen LogP contribution in [-0.2, 0) is 0 Å². The molecule has 1 aliphatic heterocycles. The van der Waals surface area contributed by atoms with Crippen LogP contribution in [0.4, 0.5) is 10.6 Å². The van der Waals surface area contributed by atoms with Crippen molar-refractivity contribution in [1.82, 2.24) is 20.3 Å². The normalized spacial score (nSPS) is 17.2. The third kappa shape index (κ3) is 3.10. The number of nitrogens with two attached hydrogens (primary N) is 1. The van der Waals surface area contributed by atoms with E-state index in [1.54, 1.807) is 6.20 Å². The smallest absolute Gasteiger partial charge is 0.312 e. The molecule has 0 aliphatic carbocycles. The van der Waals surface area contributed by atoms with Gasteiger partial charge in [-0.05, 0) is 24.6 Å². The molecule has 4 rings (SSSR count). The highest BCUT2D eigenvalue weighted by atomic mass is 35.5. The van der Waals surface area contributed by atoms with E-state index in [9.17, 15) is 4.79 Å². The quantitative estimate of drug-likeness (QED) is 0.671. The number of hydrogen-bond acceptors (Lipinski definition) is 4. The number of nitrogens with one attached hydrogen (secondary N) is 2. The minimum absolute atomic E-state index is 0.0321. The number of urea groups is 1. The maximum Gasteiger partial charge on any atom is 0.312 e. The molecule has 1 aliphatic rings. The van der Waals surface area contributed by atoms with Gasteiger partial charge >= 0.3 is 6.03 Å². The van der Waals surface area contributed by atoms with Gasteiger partial charge in [0.2, 0.25) is 0 Å². The lowest BCUT2D eigenvalue weighted by Gasteiger charge is -2.18. The summed E-state index contributed by atoms with van der Waals surface area (Å²) in [5.74, 6) is 1.51. The van der Waals surface area contributed by atoms with Gasteiger partial charge in [0.1, 0.15) is 11.6 Å². The van der Waals surface area contributed by atoms with Gasteiger partial charge in [0.25, 0.3) is 0 Å². The Bertz CT molecular complexity index is 907. The van der Waals surface area contributed by atoms with E-state index in [4.69, 9.17) is 17.3 Å². The van der Waals surface area contributed by atoms with Gasteiger partial charge in [0, 0.05) is 30.9 Å². The van der Waals surface area contributed by atoms with E-state index in [1.807, 2.05) is 30.3 Å². The van der Waals surface area contributed by atoms with Crippen LogP contribution in [0.5, 0.6) is 0 Å². The van der Waals surface area contributed by atoms with E-state index < -0.39 is 6.03 Å². The molecule has 7 nitrogen and oxygen atoms in total. The molecule has 0 bridgehead atoms. The highest BCUT2D eigenvalue weighted by Gasteiger charge is 2.25. The van der Waals surface area contributed by atoms with E-state index >= 15 is 0 Å². The zero-order valence-corrected chi connectivity index (χ0v) is 14.1. The summed E-state index contributed by atoms with van der Waals surface area (Å²) in [6.07, 6.45) is 2.46. The Morgan fingerprint density at radius 3 is 3.04 bits per heavy atom. The molecule has 25 heavy (non-hydrogen) atoms. The number of carbonyl (C=O) groups is 1. The number of hydrogen-bond donors (Lipinski definition) is 3. The number of aromatic amines is 1. The number of rotatable bonds is 3. The highest BCUT2D eigenvalue weighted by molar-refractivity contribution is 6.33. The fourth-order valence-electron chi connectivity index (χ4n) is 3.15. The molecule has 2 amide bonds. The van der Waals surface area contributed by atoms with Crippen LogP contribution in [0.1, 0.15) is 6.42 Å². The second-order valence-corrected chi connectivity index (χ2v) is 6.47. The van der Waals surface area contributed by atoms with Crippen LogP contribution >= 0.6 is 11.6 Å². The molecule has 3 aromatic rings. The molecule has 2 aromatic heterocycles. The molecule has 1 aromatic carbocycles. The monoisotopic (exact) mass is 356 g/mol. The van der Waals surface area contributed by atoms with Crippen molar-refractivity contribution < 1.29 is 4.79 Å². The standard InChI is InChI=1S/C17H17ClN6O/c18-12-8-20-15(24-6-5-10(9-24)21-17(19)25)7-11(12)16-22-13-3-1-2-4-14(13)23-16/h1-4,7-8,10H,5-6,9H2,(H,22,23)(H3,19,21,25). The largest absolute Gasteiger partial charge is 0.354 e. The Morgan fingerprint density at radius 2 is 2.24 bits per heavy atom. The molecule has 1 fully saturated rings. The lowest BCUT2D eigenvalue weighted by atomic mass is 10.2. The average molecular weight is 357 g/mol. The first kappa shape index (κ1) is 15.7. The molecule has 3 heterocycles. The summed E-state index contributed by atoms with van der Waals surface area (Å²) in [6.45, 7) is 1.45. The first-order valence-electron chi connectivity index (χ1n) is 8.02. The number of H-pyrrole nitrogens is 1. The molecule has 1 atom stereocenters. The van der Waals surface area contributed by atoms with Crippen LogP contribution in [-0.4, -0.2) is 40.1 Å². The molecule has 4 N–H and O–H groups in total. The number of halogens is 1. The van der Waals surface area contributed by atoms with Crippen LogP contribution in [0, 0.1) is 0 Å². The summed E-state index contributed by atoms with van der Waals surface area (Å²) in [4.78, 5) is 25.4. The minimum atomic E-state index is -0.501. The van der Waals surface area contributed by atoms with E-state index in [0.29, 0.717) is 17.4 Å². The number of anilines is 1. The number of aromatic nitrogens is 3. The van der Waals surface area contributed by atoms with E-state index in [2.05, 4.69) is 25.2 Å². The van der Waals surface area contributed by atoms with Gasteiger partial charge in [-0.3, -0.25) is 0 Å². The second kappa shape index (κ2) is 6.25. The predicted octanol–water partition coefficient (Wildman–Crippen LogP) is 2.53. The van der Waals surface area contributed by atoms with Crippen molar-refractivity contribution in [3.05, 3.63) is 41.6 Å². The number of pyridine rings is 1. The number of nitrogens with zero attached hydrogens (tertiary/aromatic N) is 3. The maximum atomic E-state index is 11.0. The van der Waals surface area contributed by atoms with E-state index in [0.717, 1.165) is 35.4 Å². The van der Waals surface area contributed by atoms with E-state index in [1.165, 1.54) is 0 Å². The van der Waals surface area contributed by atoms with Crippen LogP contribution in [0.2, 0.25) is 5.02 Å². The predicted molar refractivity (Wildman–Crippen MR) is 97.7 cm³/mol. The minimum Gasteiger partial charge on any atom is -0.354 e. The number of carbonyl (C=O) groups excluding carboxylic acids is 1. The van der Waals surface area contributed by atoms with Gasteiger partial charge < -0.3 is 20.9 Å². The van der Waals surface area contributed by atoms with Crippen LogP contribution < -0.4 is 16.0 Å². The molecule has 0 radical (unpaired) electrons. The van der Waals surface area contributed by atoms with Gasteiger partial charge in [0.05, 0.1) is 16.1 Å². The summed E-state index contributed by atoms with van der Waals surface area (Å²) in [7, 11) is 0. The van der Waals surface area contributed by atoms with Crippen LogP contribution in [0.15, 0.2) is 36.5 Å². The molecule has 128 valence electrons. The lowest BCUT2D eigenvalue weighted by Crippen LogP contribution is -2.40. The number of fused-ring (bicyclic) bond motifs is 1. The zero-order valence-electron chi connectivity index (χ0n) is 13.4. The van der Waals surface area contributed by atoms with Crippen molar-refractivity contribution in [2.24, 2.45) is 5.73 Å². The third-order valence-corrected chi connectivity index (χ3v) is 4.65. The Morgan fingerprint density at radius 1 is 1.40 bits per heavy atom. The van der Waals surface area contributed by atoms with Crippen molar-refractivity contribution in [1.29, 1.82) is 0 Å². The van der Waals surface area contributed by atoms with Crippen molar-refractivity contribution >= 4 is 34.5 Å². The van der Waals surface area contributed by atoms with Crippen LogP contribution in [0.25, 0.3) is 22.4 Å². The first-order valence-corrected chi connectivity index (χ1v) is 8.39. The number of benzene rings is 1. The van der Waals surface area contributed by atoms with Crippen molar-refractivity contribution in [3.63, 3.8) is 0 Å². The molecule has 8 heteroatoms. The van der Waals surface area contributed by atoms with Gasteiger partial charge in [-0.15, -0.1) is 0 Å². The summed E-state index contributed by atoms with van der Waals surface area (Å²) < 4.78 is 0. The molecular weight excluding hydrogens is 340 g/mol. The number of amides is 2. The summed E-state index contributed by atoms with van der Waals surface area (Å²) in [5, 5.41) is 3.28. The first-order chi connectivity index (χ1) is 12.1. The zero-order chi connectivity index (χ0) is 17.4. The van der Waals surface area contributed by atoms with Gasteiger partial charge in [-0.1, -0.05) is 23.7 Å². The van der Waals surface area contributed by atoms with E-state index in [-0.39, 0.29) is 6.04 Å². The highest BCUT2D eigenvalue weighted by Crippen LogP contribution is 2.31. The topological polar surface area (TPSA) is 99.9 Å². The number of primary amides is 1. The molecule has 0 saturated carbocycles. The van der Waals surface area contributed by atoms with Gasteiger partial charge in [0.15, 0.2) is 0 Å². The Balaban J connectivity index is 1.64. The lowest BCUT2D eigenvalue weighted by molar-refractivity contribution is 0.246. The third-order valence-electron chi connectivity index (χ3n) is 4.34. The van der Waals surface area contributed by atoms with Gasteiger partial charge in [-0.25, -0.2) is 14.8 Å². The summed E-state index contributed by atoms with van der Waals surface area (Å²) in [6, 6.07) is 9.28. The molecular formula is C17H17ClN6O. The van der Waals surface area contributed by atoms with Crippen molar-refractivity contribution in [2.45, 2.75) is 12.5 Å². The molecule has 1 unspecified atom stereocenters. The SMILES string of the molecule is NC(=O)NC1CCN(c2cc(-c3nc4ccccc4[nH]3)c(Cl)cn2)C1. The van der Waals surface area contributed by atoms with Crippen molar-refractivity contribution in [2.75, 3.05) is 18.0 Å². The molecule has 0 spiro atoms. The number of para-hydroxylation sites is 2. The second-order valence-electron chi connectivity index (χ2n) is 6.07. The summed E-state index contributed by atoms with van der Waals surface area (Å²) >= 11 is 6.35. The fourth-order valence-corrected chi connectivity index (χ4v) is 3.34. The molecule has 1 saturated heterocycles. The Hall–Kier alpha value is -2.80. The average Bonchev–Trinajstić information content (AvgIpc) is 3.21. The maximum absolute atomic E-state index is 11.0. The van der Waals surface area contributed by atoms with Crippen molar-refractivity contribution in [3.8, 4) is 11.4 Å². The Kier molecular flexibility index (Phi) is 3.93. The number of imidazole rings is 1. The van der Waals surface area contributed by atoms with Crippen LogP contribution in [0.3, 0.4) is 0 Å².